The van der Waals surface area contributed by atoms with E-state index in [2.05, 4.69) is 0 Å². The Morgan fingerprint density at radius 3 is 2.41 bits per heavy atom. The van der Waals surface area contributed by atoms with Gasteiger partial charge in [0.1, 0.15) is 16.8 Å². The first-order chi connectivity index (χ1) is 12.5. The molecule has 2 aromatic carbocycles. The fraction of sp³-hybridized carbons (Fsp3) is 0.250. The topological polar surface area (TPSA) is 69.4 Å². The molecular formula is C16H13Cl2F3NO4P. The molecule has 5 nitrogen and oxygen atoms in total. The van der Waals surface area contributed by atoms with E-state index >= 15 is 0 Å². The summed E-state index contributed by atoms with van der Waals surface area (Å²) in [6, 6.07) is 5.96. The molecule has 27 heavy (non-hydrogen) atoms. The van der Waals surface area contributed by atoms with Crippen LogP contribution in [-0.4, -0.2) is 11.1 Å². The summed E-state index contributed by atoms with van der Waals surface area (Å²) in [7, 11) is 0. The van der Waals surface area contributed by atoms with E-state index in [4.69, 9.17) is 27.6 Å². The van der Waals surface area contributed by atoms with Crippen LogP contribution in [0.5, 0.6) is 11.5 Å². The summed E-state index contributed by atoms with van der Waals surface area (Å²) < 4.78 is 56.1. The second-order valence-electron chi connectivity index (χ2n) is 5.53. The zero-order valence-electron chi connectivity index (χ0n) is 13.8. The Balaban J connectivity index is 2.43. The number of alkyl halides is 3. The molecule has 0 spiro atoms. The summed E-state index contributed by atoms with van der Waals surface area (Å²) in [6.07, 6.45) is -4.08. The molecule has 2 aromatic rings. The van der Waals surface area contributed by atoms with Crippen molar-refractivity contribution in [3.8, 4) is 11.5 Å². The lowest BCUT2D eigenvalue weighted by Gasteiger charge is -2.14. The fourth-order valence-corrected chi connectivity index (χ4v) is 5.05. The van der Waals surface area contributed by atoms with Crippen LogP contribution in [0.4, 0.5) is 18.9 Å². The highest BCUT2D eigenvalue weighted by Gasteiger charge is 2.32. The number of hydrogen-bond donors (Lipinski definition) is 0. The number of nitro benzene ring substituents is 1. The van der Waals surface area contributed by atoms with Crippen molar-refractivity contribution in [2.45, 2.75) is 19.5 Å². The summed E-state index contributed by atoms with van der Waals surface area (Å²) in [5, 5.41) is 10.7. The largest absolute Gasteiger partial charge is 0.456 e. The SMILES string of the molecule is CCCP(=O)(Cl)c1cc(Oc2ccc(C(F)(F)F)cc2Cl)ccc1[N+](=O)[O-]. The van der Waals surface area contributed by atoms with Crippen molar-refractivity contribution in [1.82, 2.24) is 0 Å². The third-order valence-corrected chi connectivity index (χ3v) is 6.95. The number of hydrogen-bond acceptors (Lipinski definition) is 4. The Hall–Kier alpha value is -1.76. The Bertz CT molecular complexity index is 921. The minimum absolute atomic E-state index is 0.00855. The van der Waals surface area contributed by atoms with Crippen LogP contribution in [0.15, 0.2) is 36.4 Å². The van der Waals surface area contributed by atoms with E-state index in [0.29, 0.717) is 12.5 Å². The third kappa shape index (κ3) is 5.15. The van der Waals surface area contributed by atoms with Crippen LogP contribution in [-0.2, 0) is 10.7 Å². The smallest absolute Gasteiger partial charge is 0.416 e. The minimum Gasteiger partial charge on any atom is -0.456 e. The molecule has 0 saturated heterocycles. The highest BCUT2D eigenvalue weighted by Crippen LogP contribution is 2.53. The zero-order valence-corrected chi connectivity index (χ0v) is 16.2. The Labute approximate surface area is 162 Å². The van der Waals surface area contributed by atoms with Gasteiger partial charge in [0.15, 0.2) is 0 Å². The molecule has 11 heteroatoms. The number of ether oxygens (including phenoxy) is 1. The molecule has 0 aliphatic rings. The maximum Gasteiger partial charge on any atom is 0.416 e. The Kier molecular flexibility index (Phi) is 6.45. The molecule has 1 atom stereocenters. The van der Waals surface area contributed by atoms with Gasteiger partial charge in [0.2, 0.25) is 6.49 Å². The van der Waals surface area contributed by atoms with E-state index in [0.717, 1.165) is 24.3 Å². The first-order valence-electron chi connectivity index (χ1n) is 7.58. The van der Waals surface area contributed by atoms with E-state index in [9.17, 15) is 27.9 Å². The molecule has 0 aliphatic carbocycles. The molecular weight excluding hydrogens is 429 g/mol. The van der Waals surface area contributed by atoms with Gasteiger partial charge in [0.05, 0.1) is 15.5 Å². The van der Waals surface area contributed by atoms with Crippen molar-refractivity contribution in [3.63, 3.8) is 0 Å². The van der Waals surface area contributed by atoms with Gasteiger partial charge in [-0.1, -0.05) is 18.5 Å². The standard InChI is InChI=1S/C16H13Cl2F3NO4P/c1-2-7-27(18,25)15-9-11(4-5-13(15)22(23)24)26-14-6-3-10(8-12(14)17)16(19,20)21/h3-6,8-9H,2,7H2,1H3. The van der Waals surface area contributed by atoms with Gasteiger partial charge in [0, 0.05) is 12.2 Å². The molecule has 146 valence electrons. The van der Waals surface area contributed by atoms with E-state index < -0.39 is 28.8 Å². The molecule has 0 amide bonds. The van der Waals surface area contributed by atoms with Crippen LogP contribution in [0.2, 0.25) is 5.02 Å². The number of halogens is 5. The van der Waals surface area contributed by atoms with E-state index in [1.165, 1.54) is 6.07 Å². The summed E-state index contributed by atoms with van der Waals surface area (Å²) in [6.45, 7) is -1.82. The predicted octanol–water partition coefficient (Wildman–Crippen LogP) is 6.61. The predicted molar refractivity (Wildman–Crippen MR) is 97.9 cm³/mol. The maximum atomic E-state index is 12.7. The van der Waals surface area contributed by atoms with Crippen molar-refractivity contribution in [1.29, 1.82) is 0 Å². The van der Waals surface area contributed by atoms with E-state index in [1.54, 1.807) is 6.92 Å². The van der Waals surface area contributed by atoms with Gasteiger partial charge in [-0.2, -0.15) is 13.2 Å². The molecule has 1 unspecified atom stereocenters. The lowest BCUT2D eigenvalue weighted by molar-refractivity contribution is -0.383. The quantitative estimate of drug-likeness (QED) is 0.287. The molecule has 0 bridgehead atoms. The van der Waals surface area contributed by atoms with Gasteiger partial charge >= 0.3 is 6.18 Å². The molecule has 0 heterocycles. The summed E-state index contributed by atoms with van der Waals surface area (Å²) in [5.74, 6) is -0.0846. The van der Waals surface area contributed by atoms with Gasteiger partial charge < -0.3 is 9.30 Å². The van der Waals surface area contributed by atoms with Gasteiger partial charge in [-0.05, 0) is 48.0 Å². The van der Waals surface area contributed by atoms with Gasteiger partial charge in [-0.15, -0.1) is 0 Å². The first-order valence-corrected chi connectivity index (χ1v) is 10.8. The third-order valence-electron chi connectivity index (χ3n) is 3.50. The normalized spacial score (nSPS) is 13.9. The van der Waals surface area contributed by atoms with Crippen LogP contribution in [0.25, 0.3) is 0 Å². The summed E-state index contributed by atoms with van der Waals surface area (Å²) in [5.41, 5.74) is -1.37. The molecule has 0 saturated carbocycles. The van der Waals surface area contributed by atoms with Gasteiger partial charge in [-0.3, -0.25) is 10.1 Å². The molecule has 0 radical (unpaired) electrons. The van der Waals surface area contributed by atoms with Crippen LogP contribution >= 0.6 is 29.3 Å². The average Bonchev–Trinajstić information content (AvgIpc) is 2.55. The Morgan fingerprint density at radius 2 is 1.89 bits per heavy atom. The van der Waals surface area contributed by atoms with E-state index in [1.807, 2.05) is 0 Å². The molecule has 0 N–H and O–H groups in total. The number of nitro groups is 1. The van der Waals surface area contributed by atoms with Crippen molar-refractivity contribution in [3.05, 3.63) is 57.1 Å². The highest BCUT2D eigenvalue weighted by molar-refractivity contribution is 7.95. The van der Waals surface area contributed by atoms with Crippen molar-refractivity contribution in [2.24, 2.45) is 0 Å². The van der Waals surface area contributed by atoms with Crippen molar-refractivity contribution >= 4 is 40.3 Å². The van der Waals surface area contributed by atoms with Crippen LogP contribution in [0, 0.1) is 10.1 Å². The maximum absolute atomic E-state index is 12.7. The second kappa shape index (κ2) is 8.09. The molecule has 0 fully saturated rings. The minimum atomic E-state index is -4.56. The van der Waals surface area contributed by atoms with Crippen LogP contribution in [0.3, 0.4) is 0 Å². The summed E-state index contributed by atoms with van der Waals surface area (Å²) >= 11 is 11.9. The number of rotatable bonds is 6. The van der Waals surface area contributed by atoms with E-state index in [-0.39, 0.29) is 28.0 Å². The molecule has 2 rings (SSSR count). The first kappa shape index (κ1) is 21.5. The molecule has 0 aromatic heterocycles. The van der Waals surface area contributed by atoms with Gasteiger partial charge in [-0.25, -0.2) is 0 Å². The van der Waals surface area contributed by atoms with Crippen LogP contribution in [0.1, 0.15) is 18.9 Å². The number of benzene rings is 2. The fourth-order valence-electron chi connectivity index (χ4n) is 2.28. The Morgan fingerprint density at radius 1 is 1.22 bits per heavy atom. The van der Waals surface area contributed by atoms with Crippen molar-refractivity contribution < 1.29 is 27.4 Å². The lowest BCUT2D eigenvalue weighted by atomic mass is 10.2. The summed E-state index contributed by atoms with van der Waals surface area (Å²) in [4.78, 5) is 10.5. The van der Waals surface area contributed by atoms with Gasteiger partial charge in [0.25, 0.3) is 5.69 Å². The van der Waals surface area contributed by atoms with Crippen LogP contribution < -0.4 is 10.0 Å². The molecule has 0 aliphatic heterocycles. The zero-order chi connectivity index (χ0) is 20.4. The monoisotopic (exact) mass is 441 g/mol. The van der Waals surface area contributed by atoms with Crippen molar-refractivity contribution in [2.75, 3.05) is 6.16 Å². The number of nitrogens with zero attached hydrogens (tertiary/aromatic N) is 1. The lowest BCUT2D eigenvalue weighted by Crippen LogP contribution is -2.10. The average molecular weight is 442 g/mol. The second-order valence-corrected chi connectivity index (χ2v) is 9.81. The highest BCUT2D eigenvalue weighted by atomic mass is 35.7.